The van der Waals surface area contributed by atoms with Crippen LogP contribution in [0.2, 0.25) is 0 Å². The van der Waals surface area contributed by atoms with Crippen LogP contribution in [0.4, 0.5) is 5.69 Å². The summed E-state index contributed by atoms with van der Waals surface area (Å²) in [5.74, 6) is 0.795. The first kappa shape index (κ1) is 15.7. The number of H-pyrrole nitrogens is 2. The highest BCUT2D eigenvalue weighted by Gasteiger charge is 2.22. The highest BCUT2D eigenvalue weighted by Crippen LogP contribution is 2.24. The number of fused-ring (bicyclic) bond motifs is 1. The summed E-state index contributed by atoms with van der Waals surface area (Å²) in [5.41, 5.74) is 2.84. The molecule has 3 N–H and O–H groups in total. The van der Waals surface area contributed by atoms with Gasteiger partial charge in [-0.2, -0.15) is 0 Å². The number of para-hydroxylation sites is 1. The van der Waals surface area contributed by atoms with E-state index in [1.165, 1.54) is 38.9 Å². The predicted octanol–water partition coefficient (Wildman–Crippen LogP) is 1.37. The van der Waals surface area contributed by atoms with Crippen LogP contribution in [0.5, 0.6) is 0 Å². The van der Waals surface area contributed by atoms with E-state index in [0.29, 0.717) is 0 Å². The lowest BCUT2D eigenvalue weighted by Crippen LogP contribution is -2.48. The maximum Gasteiger partial charge on any atom is 0.323 e. The first-order valence-electron chi connectivity index (χ1n) is 9.18. The van der Waals surface area contributed by atoms with Crippen LogP contribution in [0.25, 0.3) is 11.0 Å². The number of aromatic amines is 2. The van der Waals surface area contributed by atoms with Crippen molar-refractivity contribution in [1.82, 2.24) is 20.2 Å². The Balaban J connectivity index is 1.39. The minimum atomic E-state index is -0.128. The van der Waals surface area contributed by atoms with E-state index in [2.05, 4.69) is 31.2 Å². The molecule has 3 heterocycles. The van der Waals surface area contributed by atoms with Gasteiger partial charge in [-0.3, -0.25) is 4.90 Å². The van der Waals surface area contributed by atoms with Crippen LogP contribution in [0, 0.1) is 5.92 Å². The Hall–Kier alpha value is -1.79. The van der Waals surface area contributed by atoms with Gasteiger partial charge in [0.1, 0.15) is 0 Å². The molecule has 0 saturated carbocycles. The van der Waals surface area contributed by atoms with Crippen LogP contribution in [-0.2, 0) is 0 Å². The van der Waals surface area contributed by atoms with E-state index in [9.17, 15) is 4.79 Å². The Kier molecular flexibility index (Phi) is 4.58. The molecule has 0 amide bonds. The molecule has 130 valence electrons. The standard InChI is InChI=1S/C18H27N5O/c24-18-20-15-5-3-6-16(17(15)21-18)23-10-8-22(9-11-23)13-14-4-1-2-7-19-12-14/h3,5-6,14,19H,1-2,4,7-13H2,(H2,20,21,24). The third-order valence-corrected chi connectivity index (χ3v) is 5.41. The van der Waals surface area contributed by atoms with Crippen LogP contribution in [-0.4, -0.2) is 60.7 Å². The molecule has 6 nitrogen and oxygen atoms in total. The van der Waals surface area contributed by atoms with Gasteiger partial charge in [0.25, 0.3) is 0 Å². The number of piperazine rings is 1. The van der Waals surface area contributed by atoms with Gasteiger partial charge >= 0.3 is 5.69 Å². The van der Waals surface area contributed by atoms with Crippen molar-refractivity contribution in [2.45, 2.75) is 19.3 Å². The molecule has 0 radical (unpaired) electrons. The SMILES string of the molecule is O=c1[nH]c2cccc(N3CCN(CC4CCCCNC4)CC3)c2[nH]1. The summed E-state index contributed by atoms with van der Waals surface area (Å²) in [6, 6.07) is 6.08. The number of hydrogen-bond donors (Lipinski definition) is 3. The third-order valence-electron chi connectivity index (χ3n) is 5.41. The molecule has 24 heavy (non-hydrogen) atoms. The maximum atomic E-state index is 11.6. The normalized spacial score (nSPS) is 23.5. The van der Waals surface area contributed by atoms with E-state index in [-0.39, 0.29) is 5.69 Å². The fourth-order valence-electron chi connectivity index (χ4n) is 4.09. The Labute approximate surface area is 142 Å². The van der Waals surface area contributed by atoms with Crippen LogP contribution in [0.1, 0.15) is 19.3 Å². The van der Waals surface area contributed by atoms with E-state index in [1.807, 2.05) is 12.1 Å². The summed E-state index contributed by atoms with van der Waals surface area (Å²) in [6.07, 6.45) is 4.04. The summed E-state index contributed by atoms with van der Waals surface area (Å²) in [6.45, 7) is 7.81. The molecular weight excluding hydrogens is 302 g/mol. The van der Waals surface area contributed by atoms with E-state index in [1.54, 1.807) is 0 Å². The predicted molar refractivity (Wildman–Crippen MR) is 97.8 cm³/mol. The van der Waals surface area contributed by atoms with Crippen LogP contribution < -0.4 is 15.9 Å². The lowest BCUT2D eigenvalue weighted by atomic mass is 10.0. The van der Waals surface area contributed by atoms with Crippen molar-refractivity contribution < 1.29 is 0 Å². The van der Waals surface area contributed by atoms with Crippen molar-refractivity contribution in [3.8, 4) is 0 Å². The van der Waals surface area contributed by atoms with E-state index in [4.69, 9.17) is 0 Å². The van der Waals surface area contributed by atoms with E-state index < -0.39 is 0 Å². The Bertz CT molecular complexity index is 720. The summed E-state index contributed by atoms with van der Waals surface area (Å²) in [7, 11) is 0. The molecular formula is C18H27N5O. The van der Waals surface area contributed by atoms with Crippen molar-refractivity contribution in [2.24, 2.45) is 5.92 Å². The lowest BCUT2D eigenvalue weighted by molar-refractivity contribution is 0.213. The average molecular weight is 329 g/mol. The Morgan fingerprint density at radius 1 is 1.08 bits per heavy atom. The van der Waals surface area contributed by atoms with Gasteiger partial charge in [0.15, 0.2) is 0 Å². The topological polar surface area (TPSA) is 67.2 Å². The van der Waals surface area contributed by atoms with Gasteiger partial charge in [0, 0.05) is 32.7 Å². The van der Waals surface area contributed by atoms with Gasteiger partial charge in [-0.15, -0.1) is 0 Å². The van der Waals surface area contributed by atoms with Crippen molar-refractivity contribution in [1.29, 1.82) is 0 Å². The average Bonchev–Trinajstić information content (AvgIpc) is 2.80. The first-order chi connectivity index (χ1) is 11.8. The molecule has 0 aliphatic carbocycles. The Morgan fingerprint density at radius 3 is 2.83 bits per heavy atom. The van der Waals surface area contributed by atoms with Crippen molar-refractivity contribution in [2.75, 3.05) is 50.7 Å². The third kappa shape index (κ3) is 3.35. The number of nitrogens with zero attached hydrogens (tertiary/aromatic N) is 2. The minimum absolute atomic E-state index is 0.128. The van der Waals surface area contributed by atoms with Gasteiger partial charge in [-0.05, 0) is 44.0 Å². The zero-order valence-corrected chi connectivity index (χ0v) is 14.2. The molecule has 2 aromatic rings. The number of nitrogens with one attached hydrogen (secondary N) is 3. The van der Waals surface area contributed by atoms with Crippen molar-refractivity contribution >= 4 is 16.7 Å². The summed E-state index contributed by atoms with van der Waals surface area (Å²) in [4.78, 5) is 22.4. The molecule has 4 rings (SSSR count). The van der Waals surface area contributed by atoms with Crippen molar-refractivity contribution in [3.05, 3.63) is 28.7 Å². The van der Waals surface area contributed by atoms with E-state index in [0.717, 1.165) is 48.8 Å². The van der Waals surface area contributed by atoms with Gasteiger partial charge < -0.3 is 20.2 Å². The summed E-state index contributed by atoms with van der Waals surface area (Å²) < 4.78 is 0. The largest absolute Gasteiger partial charge is 0.367 e. The molecule has 1 atom stereocenters. The van der Waals surface area contributed by atoms with Crippen molar-refractivity contribution in [3.63, 3.8) is 0 Å². The minimum Gasteiger partial charge on any atom is -0.367 e. The lowest BCUT2D eigenvalue weighted by Gasteiger charge is -2.37. The second-order valence-corrected chi connectivity index (χ2v) is 7.13. The Morgan fingerprint density at radius 2 is 1.96 bits per heavy atom. The number of aromatic nitrogens is 2. The first-order valence-corrected chi connectivity index (χ1v) is 9.18. The highest BCUT2D eigenvalue weighted by atomic mass is 16.1. The molecule has 0 spiro atoms. The van der Waals surface area contributed by atoms with Gasteiger partial charge in [-0.1, -0.05) is 12.5 Å². The van der Waals surface area contributed by atoms with Gasteiger partial charge in [0.2, 0.25) is 0 Å². The second-order valence-electron chi connectivity index (χ2n) is 7.13. The molecule has 2 aliphatic rings. The van der Waals surface area contributed by atoms with Crippen LogP contribution >= 0.6 is 0 Å². The highest BCUT2D eigenvalue weighted by molar-refractivity contribution is 5.88. The molecule has 1 aromatic carbocycles. The molecule has 1 aromatic heterocycles. The molecule has 0 bridgehead atoms. The molecule has 6 heteroatoms. The number of benzene rings is 1. The van der Waals surface area contributed by atoms with Gasteiger partial charge in [-0.25, -0.2) is 4.79 Å². The number of anilines is 1. The number of rotatable bonds is 3. The fourth-order valence-corrected chi connectivity index (χ4v) is 4.09. The quantitative estimate of drug-likeness (QED) is 0.796. The fraction of sp³-hybridized carbons (Fsp3) is 0.611. The molecule has 2 aliphatic heterocycles. The smallest absolute Gasteiger partial charge is 0.323 e. The molecule has 2 fully saturated rings. The monoisotopic (exact) mass is 329 g/mol. The number of hydrogen-bond acceptors (Lipinski definition) is 4. The number of imidazole rings is 1. The van der Waals surface area contributed by atoms with Gasteiger partial charge in [0.05, 0.1) is 16.7 Å². The van der Waals surface area contributed by atoms with Crippen LogP contribution in [0.15, 0.2) is 23.0 Å². The molecule has 1 unspecified atom stereocenters. The maximum absolute atomic E-state index is 11.6. The zero-order chi connectivity index (χ0) is 16.4. The van der Waals surface area contributed by atoms with E-state index >= 15 is 0 Å². The zero-order valence-electron chi connectivity index (χ0n) is 14.2. The van der Waals surface area contributed by atoms with Crippen LogP contribution in [0.3, 0.4) is 0 Å². The second kappa shape index (κ2) is 6.99. The summed E-state index contributed by atoms with van der Waals surface area (Å²) in [5, 5.41) is 3.57. The molecule has 2 saturated heterocycles. The summed E-state index contributed by atoms with van der Waals surface area (Å²) >= 11 is 0.